The lowest BCUT2D eigenvalue weighted by Crippen LogP contribution is -2.18. The first kappa shape index (κ1) is 12.2. The molecular weight excluding hydrogens is 234 g/mol. The van der Waals surface area contributed by atoms with Gasteiger partial charge >= 0.3 is 0 Å². The smallest absolute Gasteiger partial charge is 0.132 e. The highest BCUT2D eigenvalue weighted by molar-refractivity contribution is 6.29. The van der Waals surface area contributed by atoms with Crippen LogP contribution >= 0.6 is 11.6 Å². The fraction of sp³-hybridized carbons (Fsp3) is 0.538. The summed E-state index contributed by atoms with van der Waals surface area (Å²) in [6.07, 6.45) is 3.49. The molecular formula is C13H16ClN3. The fourth-order valence-corrected chi connectivity index (χ4v) is 2.61. The Kier molecular flexibility index (Phi) is 3.26. The first-order valence-corrected chi connectivity index (χ1v) is 6.20. The van der Waals surface area contributed by atoms with Crippen LogP contribution < -0.4 is 5.32 Å². The van der Waals surface area contributed by atoms with E-state index < -0.39 is 0 Å². The maximum Gasteiger partial charge on any atom is 0.132 e. The van der Waals surface area contributed by atoms with Crippen molar-refractivity contribution in [2.45, 2.75) is 39.2 Å². The lowest BCUT2D eigenvalue weighted by atomic mass is 9.92. The van der Waals surface area contributed by atoms with E-state index in [9.17, 15) is 0 Å². The summed E-state index contributed by atoms with van der Waals surface area (Å²) in [5.41, 5.74) is 0.943. The van der Waals surface area contributed by atoms with Crippen LogP contribution in [0.15, 0.2) is 12.1 Å². The Morgan fingerprint density at radius 3 is 2.88 bits per heavy atom. The molecule has 1 fully saturated rings. The minimum Gasteiger partial charge on any atom is -0.367 e. The van der Waals surface area contributed by atoms with Crippen molar-refractivity contribution in [1.29, 1.82) is 5.26 Å². The molecule has 90 valence electrons. The molecule has 0 saturated heterocycles. The largest absolute Gasteiger partial charge is 0.367 e. The van der Waals surface area contributed by atoms with Gasteiger partial charge in [-0.1, -0.05) is 25.4 Å². The Labute approximate surface area is 107 Å². The Bertz CT molecular complexity index is 462. The standard InChI is InChI=1S/C13H16ClN3/c1-13(2)4-3-10(7-13)16-12-6-9(8-15)5-11(14)17-12/h5-6,10H,3-4,7H2,1-2H3,(H,16,17). The van der Waals surface area contributed by atoms with Crippen LogP contribution in [0.3, 0.4) is 0 Å². The highest BCUT2D eigenvalue weighted by Gasteiger charge is 2.30. The highest BCUT2D eigenvalue weighted by atomic mass is 35.5. The van der Waals surface area contributed by atoms with Gasteiger partial charge in [0.2, 0.25) is 0 Å². The van der Waals surface area contributed by atoms with Crippen molar-refractivity contribution in [1.82, 2.24) is 4.98 Å². The van der Waals surface area contributed by atoms with Gasteiger partial charge in [-0.05, 0) is 36.8 Å². The molecule has 1 aromatic rings. The second-order valence-corrected chi connectivity index (χ2v) is 5.81. The number of hydrogen-bond acceptors (Lipinski definition) is 3. The summed E-state index contributed by atoms with van der Waals surface area (Å²) in [5, 5.41) is 12.6. The van der Waals surface area contributed by atoms with E-state index in [0.717, 1.165) is 12.8 Å². The topological polar surface area (TPSA) is 48.7 Å². The van der Waals surface area contributed by atoms with E-state index in [1.54, 1.807) is 12.1 Å². The second kappa shape index (κ2) is 4.54. The molecule has 1 N–H and O–H groups in total. The molecule has 0 aromatic carbocycles. The molecule has 1 aliphatic rings. The minimum absolute atomic E-state index is 0.365. The van der Waals surface area contributed by atoms with E-state index in [1.165, 1.54) is 6.42 Å². The summed E-state index contributed by atoms with van der Waals surface area (Å²) in [7, 11) is 0. The molecule has 0 aliphatic heterocycles. The number of nitrogens with zero attached hydrogens (tertiary/aromatic N) is 2. The maximum absolute atomic E-state index is 8.87. The molecule has 1 unspecified atom stereocenters. The molecule has 0 bridgehead atoms. The third-order valence-corrected chi connectivity index (χ3v) is 3.44. The molecule has 3 nitrogen and oxygen atoms in total. The van der Waals surface area contributed by atoms with Crippen LogP contribution in [-0.2, 0) is 0 Å². The first-order valence-electron chi connectivity index (χ1n) is 5.83. The zero-order valence-electron chi connectivity index (χ0n) is 10.1. The molecule has 17 heavy (non-hydrogen) atoms. The van der Waals surface area contributed by atoms with Crippen molar-refractivity contribution in [2.24, 2.45) is 5.41 Å². The van der Waals surface area contributed by atoms with Crippen molar-refractivity contribution < 1.29 is 0 Å². The first-order chi connectivity index (χ1) is 7.98. The number of nitriles is 1. The highest BCUT2D eigenvalue weighted by Crippen LogP contribution is 2.38. The molecule has 0 amide bonds. The van der Waals surface area contributed by atoms with Crippen LogP contribution in [0.4, 0.5) is 5.82 Å². The number of nitrogens with one attached hydrogen (secondary N) is 1. The average Bonchev–Trinajstić information content (AvgIpc) is 2.57. The SMILES string of the molecule is CC1(C)CCC(Nc2cc(C#N)cc(Cl)n2)C1. The van der Waals surface area contributed by atoms with Crippen LogP contribution in [0.5, 0.6) is 0 Å². The Morgan fingerprint density at radius 2 is 2.29 bits per heavy atom. The second-order valence-electron chi connectivity index (χ2n) is 5.42. The van der Waals surface area contributed by atoms with Gasteiger partial charge in [-0.25, -0.2) is 4.98 Å². The monoisotopic (exact) mass is 249 g/mol. The van der Waals surface area contributed by atoms with Gasteiger partial charge in [-0.3, -0.25) is 0 Å². The third kappa shape index (κ3) is 3.10. The third-order valence-electron chi connectivity index (χ3n) is 3.24. The number of anilines is 1. The lowest BCUT2D eigenvalue weighted by Gasteiger charge is -2.18. The normalized spacial score (nSPS) is 22.1. The van der Waals surface area contributed by atoms with Crippen LogP contribution in [0.1, 0.15) is 38.7 Å². The number of pyridine rings is 1. The van der Waals surface area contributed by atoms with Crippen LogP contribution in [0, 0.1) is 16.7 Å². The molecule has 1 aromatic heterocycles. The minimum atomic E-state index is 0.365. The summed E-state index contributed by atoms with van der Waals surface area (Å²) in [6.45, 7) is 4.56. The van der Waals surface area contributed by atoms with E-state index in [2.05, 4.69) is 30.2 Å². The Hall–Kier alpha value is -1.27. The van der Waals surface area contributed by atoms with Gasteiger partial charge in [0.05, 0.1) is 11.6 Å². The Morgan fingerprint density at radius 1 is 1.53 bits per heavy atom. The van der Waals surface area contributed by atoms with E-state index in [1.807, 2.05) is 0 Å². The average molecular weight is 250 g/mol. The molecule has 4 heteroatoms. The number of rotatable bonds is 2. The van der Waals surface area contributed by atoms with Crippen LogP contribution in [0.2, 0.25) is 5.15 Å². The van der Waals surface area contributed by atoms with Crippen molar-refractivity contribution in [3.05, 3.63) is 22.8 Å². The van der Waals surface area contributed by atoms with E-state index in [-0.39, 0.29) is 0 Å². The van der Waals surface area contributed by atoms with E-state index >= 15 is 0 Å². The van der Waals surface area contributed by atoms with Crippen molar-refractivity contribution in [3.63, 3.8) is 0 Å². The molecule has 1 atom stereocenters. The predicted molar refractivity (Wildman–Crippen MR) is 69.0 cm³/mol. The molecule has 0 spiro atoms. The number of hydrogen-bond donors (Lipinski definition) is 1. The summed E-state index contributed by atoms with van der Waals surface area (Å²) in [5.74, 6) is 0.705. The predicted octanol–water partition coefficient (Wildman–Crippen LogP) is 3.60. The maximum atomic E-state index is 8.87. The lowest BCUT2D eigenvalue weighted by molar-refractivity contribution is 0.378. The van der Waals surface area contributed by atoms with Gasteiger partial charge in [0, 0.05) is 6.04 Å². The zero-order chi connectivity index (χ0) is 12.5. The number of halogens is 1. The number of aromatic nitrogens is 1. The van der Waals surface area contributed by atoms with Gasteiger partial charge in [-0.2, -0.15) is 5.26 Å². The summed E-state index contributed by atoms with van der Waals surface area (Å²) in [6, 6.07) is 5.84. The van der Waals surface area contributed by atoms with Crippen LogP contribution in [0.25, 0.3) is 0 Å². The van der Waals surface area contributed by atoms with Gasteiger partial charge in [0.1, 0.15) is 11.0 Å². The van der Waals surface area contributed by atoms with Crippen molar-refractivity contribution >= 4 is 17.4 Å². The summed E-state index contributed by atoms with van der Waals surface area (Å²) < 4.78 is 0. The Balaban J connectivity index is 2.10. The summed E-state index contributed by atoms with van der Waals surface area (Å²) >= 11 is 5.87. The van der Waals surface area contributed by atoms with E-state index in [4.69, 9.17) is 16.9 Å². The van der Waals surface area contributed by atoms with Gasteiger partial charge in [-0.15, -0.1) is 0 Å². The van der Waals surface area contributed by atoms with Gasteiger partial charge in [0.25, 0.3) is 0 Å². The molecule has 1 heterocycles. The fourth-order valence-electron chi connectivity index (χ4n) is 2.40. The van der Waals surface area contributed by atoms with Gasteiger partial charge < -0.3 is 5.32 Å². The zero-order valence-corrected chi connectivity index (χ0v) is 10.9. The van der Waals surface area contributed by atoms with Crippen LogP contribution in [-0.4, -0.2) is 11.0 Å². The molecule has 0 radical (unpaired) electrons. The van der Waals surface area contributed by atoms with Crippen molar-refractivity contribution in [3.8, 4) is 6.07 Å². The van der Waals surface area contributed by atoms with E-state index in [0.29, 0.717) is 28.0 Å². The van der Waals surface area contributed by atoms with Crippen molar-refractivity contribution in [2.75, 3.05) is 5.32 Å². The summed E-state index contributed by atoms with van der Waals surface area (Å²) in [4.78, 5) is 4.20. The quantitative estimate of drug-likeness (QED) is 0.815. The molecule has 1 aliphatic carbocycles. The van der Waals surface area contributed by atoms with Gasteiger partial charge in [0.15, 0.2) is 0 Å². The molecule has 1 saturated carbocycles. The molecule has 2 rings (SSSR count).